The molecule has 0 radical (unpaired) electrons. The maximum absolute atomic E-state index is 13.2. The Morgan fingerprint density at radius 3 is 2.71 bits per heavy atom. The summed E-state index contributed by atoms with van der Waals surface area (Å²) in [6.45, 7) is 0. The van der Waals surface area contributed by atoms with E-state index in [9.17, 15) is 8.78 Å². The van der Waals surface area contributed by atoms with Crippen molar-refractivity contribution in [1.29, 1.82) is 0 Å². The molecule has 0 unspecified atom stereocenters. The van der Waals surface area contributed by atoms with Crippen molar-refractivity contribution in [1.82, 2.24) is 0 Å². The number of benzene rings is 1. The van der Waals surface area contributed by atoms with E-state index in [4.69, 9.17) is 4.42 Å². The Morgan fingerprint density at radius 2 is 2.00 bits per heavy atom. The standard InChI is InChI=1S/C10H7F2NO/c1-13-9-3-2-6-4-7(11)5-8(12)10(6)14-9/h2-5H,1H3/b13-9+. The second-order valence-electron chi connectivity index (χ2n) is 2.80. The zero-order chi connectivity index (χ0) is 10.1. The Labute approximate surface area is 78.5 Å². The van der Waals surface area contributed by atoms with Crippen LogP contribution in [0.25, 0.3) is 11.0 Å². The largest absolute Gasteiger partial charge is 0.436 e. The van der Waals surface area contributed by atoms with Crippen LogP contribution in [-0.4, -0.2) is 7.05 Å². The Morgan fingerprint density at radius 1 is 1.21 bits per heavy atom. The molecule has 1 aromatic heterocycles. The number of hydrogen-bond acceptors (Lipinski definition) is 2. The summed E-state index contributed by atoms with van der Waals surface area (Å²) in [6, 6.07) is 5.11. The molecule has 1 aromatic carbocycles. The lowest BCUT2D eigenvalue weighted by atomic mass is 10.2. The smallest absolute Gasteiger partial charge is 0.214 e. The minimum absolute atomic E-state index is 0.0227. The highest BCUT2D eigenvalue weighted by Crippen LogP contribution is 2.17. The number of fused-ring (bicyclic) bond motifs is 1. The molecule has 4 heteroatoms. The van der Waals surface area contributed by atoms with E-state index in [0.29, 0.717) is 10.9 Å². The number of hydrogen-bond donors (Lipinski definition) is 0. The van der Waals surface area contributed by atoms with E-state index >= 15 is 0 Å². The first-order valence-electron chi connectivity index (χ1n) is 4.02. The lowest BCUT2D eigenvalue weighted by molar-refractivity contribution is 0.504. The topological polar surface area (TPSA) is 25.5 Å². The summed E-state index contributed by atoms with van der Waals surface area (Å²) in [4.78, 5) is 3.76. The third-order valence-electron chi connectivity index (χ3n) is 1.87. The molecule has 72 valence electrons. The molecule has 0 N–H and O–H groups in total. The van der Waals surface area contributed by atoms with Gasteiger partial charge in [-0.2, -0.15) is 0 Å². The summed E-state index contributed by atoms with van der Waals surface area (Å²) >= 11 is 0. The summed E-state index contributed by atoms with van der Waals surface area (Å²) in [6.07, 6.45) is 0. The SMILES string of the molecule is C/N=c1\ccc2cc(F)cc(F)c2o1. The average Bonchev–Trinajstić information content (AvgIpc) is 2.17. The molecule has 0 saturated carbocycles. The van der Waals surface area contributed by atoms with Crippen molar-refractivity contribution in [2.45, 2.75) is 0 Å². The first-order chi connectivity index (χ1) is 6.70. The minimum atomic E-state index is -0.717. The number of nitrogens with zero attached hydrogens (tertiary/aromatic N) is 1. The minimum Gasteiger partial charge on any atom is -0.436 e. The van der Waals surface area contributed by atoms with Crippen molar-refractivity contribution in [2.75, 3.05) is 7.05 Å². The summed E-state index contributed by atoms with van der Waals surface area (Å²) < 4.78 is 31.1. The zero-order valence-corrected chi connectivity index (χ0v) is 7.42. The zero-order valence-electron chi connectivity index (χ0n) is 7.42. The molecule has 2 rings (SSSR count). The molecule has 14 heavy (non-hydrogen) atoms. The van der Waals surface area contributed by atoms with Crippen LogP contribution in [0.1, 0.15) is 0 Å². The van der Waals surface area contributed by atoms with Gasteiger partial charge in [-0.1, -0.05) is 0 Å². The van der Waals surface area contributed by atoms with Gasteiger partial charge in [0, 0.05) is 24.6 Å². The van der Waals surface area contributed by atoms with Crippen molar-refractivity contribution < 1.29 is 13.2 Å². The van der Waals surface area contributed by atoms with Crippen LogP contribution in [-0.2, 0) is 0 Å². The number of halogens is 2. The maximum atomic E-state index is 13.2. The lowest BCUT2D eigenvalue weighted by Gasteiger charge is -1.98. The van der Waals surface area contributed by atoms with Gasteiger partial charge in [-0.15, -0.1) is 0 Å². The van der Waals surface area contributed by atoms with E-state index in [1.54, 1.807) is 12.1 Å². The fraction of sp³-hybridized carbons (Fsp3) is 0.100. The highest BCUT2D eigenvalue weighted by atomic mass is 19.1. The first kappa shape index (κ1) is 8.87. The van der Waals surface area contributed by atoms with Gasteiger partial charge in [-0.25, -0.2) is 8.78 Å². The molecule has 0 bridgehead atoms. The molecule has 0 saturated heterocycles. The van der Waals surface area contributed by atoms with Crippen LogP contribution in [0.3, 0.4) is 0 Å². The van der Waals surface area contributed by atoms with Crippen LogP contribution in [0.4, 0.5) is 8.78 Å². The van der Waals surface area contributed by atoms with Gasteiger partial charge in [-0.05, 0) is 12.1 Å². The van der Waals surface area contributed by atoms with E-state index in [-0.39, 0.29) is 5.58 Å². The van der Waals surface area contributed by atoms with Crippen LogP contribution in [0.15, 0.2) is 33.7 Å². The summed E-state index contributed by atoms with van der Waals surface area (Å²) in [5.41, 5.74) is 0.331. The summed E-state index contributed by atoms with van der Waals surface area (Å²) in [7, 11) is 1.53. The second-order valence-corrected chi connectivity index (χ2v) is 2.80. The second kappa shape index (κ2) is 3.21. The quantitative estimate of drug-likeness (QED) is 0.632. The Hall–Kier alpha value is -1.71. The molecule has 0 fully saturated rings. The van der Waals surface area contributed by atoms with Crippen LogP contribution < -0.4 is 5.55 Å². The molecule has 0 spiro atoms. The van der Waals surface area contributed by atoms with Crippen LogP contribution in [0, 0.1) is 11.6 Å². The lowest BCUT2D eigenvalue weighted by Crippen LogP contribution is -1.99. The predicted molar refractivity (Wildman–Crippen MR) is 47.6 cm³/mol. The van der Waals surface area contributed by atoms with Crippen molar-refractivity contribution in [3.8, 4) is 0 Å². The van der Waals surface area contributed by atoms with E-state index in [1.165, 1.54) is 13.1 Å². The van der Waals surface area contributed by atoms with E-state index in [0.717, 1.165) is 6.07 Å². The molecule has 0 aliphatic heterocycles. The van der Waals surface area contributed by atoms with Gasteiger partial charge in [0.05, 0.1) is 0 Å². The third kappa shape index (κ3) is 1.39. The van der Waals surface area contributed by atoms with Gasteiger partial charge in [0.25, 0.3) is 0 Å². The van der Waals surface area contributed by atoms with Crippen LogP contribution in [0.5, 0.6) is 0 Å². The van der Waals surface area contributed by atoms with Crippen LogP contribution in [0.2, 0.25) is 0 Å². The number of rotatable bonds is 0. The van der Waals surface area contributed by atoms with Gasteiger partial charge in [0.2, 0.25) is 5.55 Å². The van der Waals surface area contributed by atoms with Crippen molar-refractivity contribution in [2.24, 2.45) is 4.99 Å². The third-order valence-corrected chi connectivity index (χ3v) is 1.87. The molecule has 0 aliphatic carbocycles. The van der Waals surface area contributed by atoms with E-state index in [1.807, 2.05) is 0 Å². The van der Waals surface area contributed by atoms with Crippen molar-refractivity contribution >= 4 is 11.0 Å². The van der Waals surface area contributed by atoms with Crippen molar-refractivity contribution in [3.05, 3.63) is 41.5 Å². The molecular weight excluding hydrogens is 188 g/mol. The van der Waals surface area contributed by atoms with Crippen LogP contribution >= 0.6 is 0 Å². The maximum Gasteiger partial charge on any atom is 0.214 e. The van der Waals surface area contributed by atoms with Gasteiger partial charge in [0.15, 0.2) is 11.4 Å². The Kier molecular flexibility index (Phi) is 2.04. The van der Waals surface area contributed by atoms with Gasteiger partial charge in [-0.3, -0.25) is 4.99 Å². The van der Waals surface area contributed by atoms with E-state index < -0.39 is 11.6 Å². The molecule has 0 amide bonds. The summed E-state index contributed by atoms with van der Waals surface area (Å²) in [5.74, 6) is -1.34. The van der Waals surface area contributed by atoms with E-state index in [2.05, 4.69) is 4.99 Å². The molecule has 1 heterocycles. The predicted octanol–water partition coefficient (Wildman–Crippen LogP) is 2.24. The fourth-order valence-corrected chi connectivity index (χ4v) is 1.23. The molecule has 2 aromatic rings. The molecular formula is C10H7F2NO. The first-order valence-corrected chi connectivity index (χ1v) is 4.02. The monoisotopic (exact) mass is 195 g/mol. The molecule has 0 aliphatic rings. The fourth-order valence-electron chi connectivity index (χ4n) is 1.23. The molecule has 2 nitrogen and oxygen atoms in total. The van der Waals surface area contributed by atoms with Gasteiger partial charge >= 0.3 is 0 Å². The van der Waals surface area contributed by atoms with Crippen molar-refractivity contribution in [3.63, 3.8) is 0 Å². The Balaban J connectivity index is 2.89. The summed E-state index contributed by atoms with van der Waals surface area (Å²) in [5, 5.41) is 0.384. The van der Waals surface area contributed by atoms with Gasteiger partial charge < -0.3 is 4.42 Å². The normalized spacial score (nSPS) is 12.4. The van der Waals surface area contributed by atoms with Gasteiger partial charge in [0.1, 0.15) is 5.82 Å². The highest BCUT2D eigenvalue weighted by molar-refractivity contribution is 5.76. The molecule has 0 atom stereocenters. The highest BCUT2D eigenvalue weighted by Gasteiger charge is 2.05. The average molecular weight is 195 g/mol. The Bertz CT molecular complexity index is 545.